The molecule has 0 unspecified atom stereocenters. The minimum atomic E-state index is -4.71. The minimum absolute atomic E-state index is 0.0128. The molecule has 1 fully saturated rings. The number of anilines is 2. The third-order valence-electron chi connectivity index (χ3n) is 12.9. The summed E-state index contributed by atoms with van der Waals surface area (Å²) < 4.78 is 144. The average molecular weight is 953 g/mol. The second-order valence-electron chi connectivity index (χ2n) is 16.7. The lowest BCUT2D eigenvalue weighted by Gasteiger charge is -2.46. The largest absolute Gasteiger partial charge is 0.493 e. The molecule has 21 heteroatoms. The third-order valence-corrected chi connectivity index (χ3v) is 12.9. The smallest absolute Gasteiger partial charge is 0.410 e. The Hall–Kier alpha value is -7.03. The molecule has 0 aliphatic carbocycles. The molecule has 1 amide bonds. The van der Waals surface area contributed by atoms with Crippen molar-refractivity contribution in [2.24, 2.45) is 0 Å². The number of benzene rings is 4. The zero-order valence-electron chi connectivity index (χ0n) is 36.8. The summed E-state index contributed by atoms with van der Waals surface area (Å²) >= 11 is 0. The lowest BCUT2D eigenvalue weighted by atomic mass is 9.78. The number of nitrogens with one attached hydrogen (secondary N) is 3. The van der Waals surface area contributed by atoms with Crippen molar-refractivity contribution in [1.29, 1.82) is 0 Å². The van der Waals surface area contributed by atoms with E-state index in [1.165, 1.54) is 69.7 Å². The van der Waals surface area contributed by atoms with E-state index in [0.717, 1.165) is 21.5 Å². The van der Waals surface area contributed by atoms with Gasteiger partial charge in [0.25, 0.3) is 0 Å². The minimum Gasteiger partial charge on any atom is -0.493 e. The highest BCUT2D eigenvalue weighted by Crippen LogP contribution is 2.48. The number of carbonyl (C=O) groups excluding carboxylic acids is 1. The van der Waals surface area contributed by atoms with Gasteiger partial charge in [-0.2, -0.15) is 36.5 Å². The molecule has 3 N–H and O–H groups in total. The first-order chi connectivity index (χ1) is 32.5. The molecule has 5 heterocycles. The maximum absolute atomic E-state index is 16.8. The van der Waals surface area contributed by atoms with E-state index in [1.54, 1.807) is 36.4 Å². The van der Waals surface area contributed by atoms with Gasteiger partial charge >= 0.3 is 12.4 Å². The Labute approximate surface area is 383 Å². The first-order valence-corrected chi connectivity index (χ1v) is 21.3. The maximum Gasteiger partial charge on any atom is 0.410 e. The van der Waals surface area contributed by atoms with Crippen molar-refractivity contribution in [2.75, 3.05) is 58.7 Å². The number of rotatable bonds is 11. The zero-order chi connectivity index (χ0) is 48.3. The maximum atomic E-state index is 16.8. The van der Waals surface area contributed by atoms with E-state index >= 15 is 8.78 Å². The highest BCUT2D eigenvalue weighted by molar-refractivity contribution is 5.68. The van der Waals surface area contributed by atoms with Crippen molar-refractivity contribution >= 4 is 18.0 Å². The molecule has 3 aliphatic rings. The van der Waals surface area contributed by atoms with Gasteiger partial charge in [-0.15, -0.1) is 0 Å². The number of halogens is 8. The van der Waals surface area contributed by atoms with E-state index in [1.807, 2.05) is 0 Å². The van der Waals surface area contributed by atoms with E-state index in [9.17, 15) is 31.1 Å². The summed E-state index contributed by atoms with van der Waals surface area (Å²) in [7, 11) is 5.72. The highest BCUT2D eigenvalue weighted by atomic mass is 19.4. The van der Waals surface area contributed by atoms with Crippen LogP contribution in [-0.2, 0) is 10.3 Å². The Balaban J connectivity index is 1.05. The molecule has 3 aliphatic heterocycles. The molecule has 9 rings (SSSR count). The molecule has 358 valence electrons. The van der Waals surface area contributed by atoms with Gasteiger partial charge in [0.05, 0.1) is 51.9 Å². The molecule has 4 aromatic carbocycles. The van der Waals surface area contributed by atoms with Crippen molar-refractivity contribution in [3.8, 4) is 45.5 Å². The van der Waals surface area contributed by atoms with Crippen LogP contribution < -0.4 is 34.9 Å². The Morgan fingerprint density at radius 2 is 1.06 bits per heavy atom. The summed E-state index contributed by atoms with van der Waals surface area (Å²) in [5, 5.41) is 17.9. The molecular weight excluding hydrogens is 909 g/mol. The van der Waals surface area contributed by atoms with E-state index in [4.69, 9.17) is 18.9 Å². The van der Waals surface area contributed by atoms with E-state index < -0.39 is 66.5 Å². The third kappa shape index (κ3) is 8.04. The highest BCUT2D eigenvalue weighted by Gasteiger charge is 2.49. The quantitative estimate of drug-likeness (QED) is 0.0854. The van der Waals surface area contributed by atoms with Crippen LogP contribution in [0.5, 0.6) is 23.0 Å². The number of piperazine rings is 1. The van der Waals surface area contributed by atoms with Gasteiger partial charge in [0.15, 0.2) is 35.1 Å². The Kier molecular flexibility index (Phi) is 11.9. The van der Waals surface area contributed by atoms with Crippen LogP contribution in [-0.4, -0.2) is 91.3 Å². The summed E-state index contributed by atoms with van der Waals surface area (Å²) in [5.74, 6) is -0.299. The van der Waals surface area contributed by atoms with Gasteiger partial charge in [0, 0.05) is 66.9 Å². The average Bonchev–Trinajstić information content (AvgIpc) is 3.97. The number of fused-ring (bicyclic) bond motifs is 2. The second-order valence-corrected chi connectivity index (χ2v) is 16.7. The van der Waals surface area contributed by atoms with Gasteiger partial charge < -0.3 is 39.8 Å². The monoisotopic (exact) mass is 952 g/mol. The van der Waals surface area contributed by atoms with Gasteiger partial charge in [-0.3, -0.25) is 4.79 Å². The van der Waals surface area contributed by atoms with Crippen LogP contribution in [0.4, 0.5) is 46.8 Å². The molecule has 13 nitrogen and oxygen atoms in total. The molecule has 0 spiro atoms. The summed E-state index contributed by atoms with van der Waals surface area (Å²) in [6, 6.07) is 14.3. The molecule has 0 radical (unpaired) electrons. The van der Waals surface area contributed by atoms with Crippen molar-refractivity contribution < 1.29 is 58.9 Å². The number of methoxy groups -OCH3 is 4. The number of nitrogens with zero attached hydrogens (tertiary/aromatic N) is 5. The number of hydrogen-bond donors (Lipinski definition) is 3. The standard InChI is InChI=1S/C47H44F8N8O5/c1-65-37-11-7-27(17-39(37)67-3)33-19-41(46(50,51)52)62-43(57-33)21-35(59-62)25-5-9-29(31(48)15-25)45(23-56-13-14-61(45)24-64)30-10-6-26(16-32(30)49)36-22-44-58-34(20-42(47(53,54)55)63(44)60-36)28-8-12-38(66-2)40(18-28)68-4/h5-12,15-18,21-22,24,33-34,41-42,56-58H,13-14,19-20,23H2,1-4H3/t33-,34-,41+,42+/m0/s1. The summed E-state index contributed by atoms with van der Waals surface area (Å²) in [6.07, 6.45) is -9.78. The number of carbonyl (C=O) groups is 1. The first kappa shape index (κ1) is 46.1. The van der Waals surface area contributed by atoms with Crippen LogP contribution in [0.1, 0.15) is 59.3 Å². The van der Waals surface area contributed by atoms with E-state index in [2.05, 4.69) is 26.1 Å². The summed E-state index contributed by atoms with van der Waals surface area (Å²) in [4.78, 5) is 14.0. The Morgan fingerprint density at radius 3 is 1.44 bits per heavy atom. The molecule has 1 saturated heterocycles. The Morgan fingerprint density at radius 1 is 0.618 bits per heavy atom. The number of alkyl halides is 6. The normalized spacial score (nSPS) is 20.1. The topological polar surface area (TPSA) is 129 Å². The lowest BCUT2D eigenvalue weighted by Crippen LogP contribution is -2.59. The van der Waals surface area contributed by atoms with Crippen LogP contribution in [0.25, 0.3) is 22.5 Å². The van der Waals surface area contributed by atoms with Crippen molar-refractivity contribution in [3.05, 3.63) is 119 Å². The zero-order valence-corrected chi connectivity index (χ0v) is 36.8. The fourth-order valence-corrected chi connectivity index (χ4v) is 9.57. The second kappa shape index (κ2) is 17.6. The van der Waals surface area contributed by atoms with Crippen LogP contribution in [0.3, 0.4) is 0 Å². The first-order valence-electron chi connectivity index (χ1n) is 21.3. The molecule has 0 saturated carbocycles. The fraction of sp³-hybridized carbons (Fsp3) is 0.340. The van der Waals surface area contributed by atoms with Crippen LogP contribution in [0.2, 0.25) is 0 Å². The number of amides is 1. The van der Waals surface area contributed by atoms with Gasteiger partial charge in [0.2, 0.25) is 6.41 Å². The van der Waals surface area contributed by atoms with Crippen LogP contribution in [0.15, 0.2) is 84.9 Å². The SMILES string of the molecule is COc1ccc([C@@H]2C[C@H](C(F)(F)F)n3nc(-c4ccc(C5(c6ccc(-c7cc8n(n7)[C@@H](C(F)(F)F)C[C@@H](c7ccc(OC)c(OC)c7)N8)cc6F)CNCCN5C=O)c(F)c4)cc3N2)cc1OC. The number of ether oxygens (including phenoxy) is 4. The van der Waals surface area contributed by atoms with Crippen molar-refractivity contribution in [2.45, 2.75) is 54.9 Å². The van der Waals surface area contributed by atoms with Gasteiger partial charge in [-0.25, -0.2) is 18.1 Å². The number of aromatic nitrogens is 4. The molecular formula is C47H44F8N8O5. The van der Waals surface area contributed by atoms with Crippen molar-refractivity contribution in [3.63, 3.8) is 0 Å². The molecule has 4 atom stereocenters. The summed E-state index contributed by atoms with van der Waals surface area (Å²) in [6.45, 7) is 0.166. The molecule has 2 aromatic heterocycles. The summed E-state index contributed by atoms with van der Waals surface area (Å²) in [5.41, 5.74) is -0.815. The molecule has 6 aromatic rings. The van der Waals surface area contributed by atoms with E-state index in [0.29, 0.717) is 40.5 Å². The van der Waals surface area contributed by atoms with Gasteiger partial charge in [-0.05, 0) is 47.5 Å². The van der Waals surface area contributed by atoms with Crippen LogP contribution in [0, 0.1) is 11.6 Å². The predicted molar refractivity (Wildman–Crippen MR) is 233 cm³/mol. The van der Waals surface area contributed by atoms with Gasteiger partial charge in [0.1, 0.15) is 28.8 Å². The predicted octanol–water partition coefficient (Wildman–Crippen LogP) is 9.35. The molecule has 0 bridgehead atoms. The van der Waals surface area contributed by atoms with E-state index in [-0.39, 0.29) is 64.9 Å². The van der Waals surface area contributed by atoms with Gasteiger partial charge in [-0.1, -0.05) is 36.4 Å². The Bertz CT molecular complexity index is 2690. The van der Waals surface area contributed by atoms with Crippen molar-refractivity contribution in [1.82, 2.24) is 29.8 Å². The fourth-order valence-electron chi connectivity index (χ4n) is 9.57. The van der Waals surface area contributed by atoms with Crippen LogP contribution >= 0.6 is 0 Å². The number of hydrogen-bond acceptors (Lipinski definition) is 10. The lowest BCUT2D eigenvalue weighted by molar-refractivity contribution is -0.174. The molecule has 68 heavy (non-hydrogen) atoms.